The van der Waals surface area contributed by atoms with Crippen molar-refractivity contribution in [2.75, 3.05) is 19.0 Å². The lowest BCUT2D eigenvalue weighted by atomic mass is 10.1. The Kier molecular flexibility index (Phi) is 3.52. The average Bonchev–Trinajstić information content (AvgIpc) is 2.51. The molecule has 4 heteroatoms. The summed E-state index contributed by atoms with van der Waals surface area (Å²) in [5, 5.41) is 7.37. The number of aryl methyl sites for hydroxylation is 1. The van der Waals surface area contributed by atoms with Crippen LogP contribution in [0.25, 0.3) is 0 Å². The Labute approximate surface area is 85.3 Å². The third-order valence-electron chi connectivity index (χ3n) is 2.31. The van der Waals surface area contributed by atoms with E-state index in [1.165, 1.54) is 0 Å². The minimum Gasteiger partial charge on any atom is -0.382 e. The monoisotopic (exact) mass is 197 g/mol. The van der Waals surface area contributed by atoms with Crippen molar-refractivity contribution in [1.29, 1.82) is 0 Å². The lowest BCUT2D eigenvalue weighted by Crippen LogP contribution is -2.25. The molecule has 0 fully saturated rings. The molecule has 0 aliphatic carbocycles. The third-order valence-corrected chi connectivity index (χ3v) is 2.31. The number of anilines is 1. The van der Waals surface area contributed by atoms with Crippen molar-refractivity contribution in [3.63, 3.8) is 0 Å². The number of nitrogens with zero attached hydrogens (tertiary/aromatic N) is 2. The van der Waals surface area contributed by atoms with Crippen molar-refractivity contribution in [1.82, 2.24) is 9.78 Å². The first-order chi connectivity index (χ1) is 6.53. The van der Waals surface area contributed by atoms with Crippen LogP contribution in [0.5, 0.6) is 0 Å². The van der Waals surface area contributed by atoms with Crippen LogP contribution in [0.2, 0.25) is 0 Å². The molecule has 0 aliphatic heterocycles. The lowest BCUT2D eigenvalue weighted by molar-refractivity contribution is 0.0185. The fourth-order valence-electron chi connectivity index (χ4n) is 1.12. The van der Waals surface area contributed by atoms with Crippen LogP contribution < -0.4 is 5.32 Å². The van der Waals surface area contributed by atoms with Crippen molar-refractivity contribution in [2.45, 2.75) is 25.9 Å². The first-order valence-corrected chi connectivity index (χ1v) is 4.81. The summed E-state index contributed by atoms with van der Waals surface area (Å²) in [7, 11) is 3.65. The summed E-state index contributed by atoms with van der Waals surface area (Å²) in [6, 6.07) is 0. The summed E-state index contributed by atoms with van der Waals surface area (Å²) in [5.41, 5.74) is 0.995. The molecule has 4 nitrogen and oxygen atoms in total. The van der Waals surface area contributed by atoms with Gasteiger partial charge in [-0.2, -0.15) is 5.10 Å². The SMILES string of the molecule is COC(C)(C)CCNc1cnn(C)c1. The van der Waals surface area contributed by atoms with Crippen molar-refractivity contribution < 1.29 is 4.74 Å². The molecule has 0 bridgehead atoms. The second-order valence-electron chi connectivity index (χ2n) is 4.04. The molecular weight excluding hydrogens is 178 g/mol. The van der Waals surface area contributed by atoms with E-state index < -0.39 is 0 Å². The largest absolute Gasteiger partial charge is 0.382 e. The van der Waals surface area contributed by atoms with Crippen LogP contribution in [0, 0.1) is 0 Å². The standard InChI is InChI=1S/C10H19N3O/c1-10(2,14-4)5-6-11-9-7-12-13(3)8-9/h7-8,11H,5-6H2,1-4H3. The van der Waals surface area contributed by atoms with E-state index in [1.807, 2.05) is 19.4 Å². The molecule has 0 aromatic carbocycles. The fourth-order valence-corrected chi connectivity index (χ4v) is 1.12. The van der Waals surface area contributed by atoms with Gasteiger partial charge < -0.3 is 10.1 Å². The molecule has 0 saturated carbocycles. The number of methoxy groups -OCH3 is 1. The van der Waals surface area contributed by atoms with Gasteiger partial charge in [-0.3, -0.25) is 4.68 Å². The molecule has 0 atom stereocenters. The predicted molar refractivity (Wildman–Crippen MR) is 57.4 cm³/mol. The number of hydrogen-bond acceptors (Lipinski definition) is 3. The molecule has 1 rings (SSSR count). The molecule has 0 unspecified atom stereocenters. The molecule has 1 aromatic heterocycles. The Morgan fingerprint density at radius 2 is 2.29 bits per heavy atom. The number of ether oxygens (including phenoxy) is 1. The number of hydrogen-bond donors (Lipinski definition) is 1. The minimum atomic E-state index is -0.0603. The Bertz CT molecular complexity index is 281. The normalized spacial score (nSPS) is 11.7. The highest BCUT2D eigenvalue weighted by molar-refractivity contribution is 5.37. The maximum absolute atomic E-state index is 5.32. The lowest BCUT2D eigenvalue weighted by Gasteiger charge is -2.22. The van der Waals surface area contributed by atoms with Crippen LogP contribution in [0.4, 0.5) is 5.69 Å². The van der Waals surface area contributed by atoms with Gasteiger partial charge in [0.1, 0.15) is 0 Å². The van der Waals surface area contributed by atoms with Crippen LogP contribution >= 0.6 is 0 Å². The van der Waals surface area contributed by atoms with Gasteiger partial charge in [-0.05, 0) is 20.3 Å². The highest BCUT2D eigenvalue weighted by atomic mass is 16.5. The fraction of sp³-hybridized carbons (Fsp3) is 0.700. The molecule has 0 amide bonds. The summed E-state index contributed by atoms with van der Waals surface area (Å²) >= 11 is 0. The zero-order valence-corrected chi connectivity index (χ0v) is 9.37. The van der Waals surface area contributed by atoms with Gasteiger partial charge in [0, 0.05) is 26.9 Å². The molecule has 1 N–H and O–H groups in total. The molecule has 1 aromatic rings. The summed E-state index contributed by atoms with van der Waals surface area (Å²) in [6.45, 7) is 5.06. The van der Waals surface area contributed by atoms with Crippen LogP contribution in [0.15, 0.2) is 12.4 Å². The maximum atomic E-state index is 5.32. The summed E-state index contributed by atoms with van der Waals surface area (Å²) in [4.78, 5) is 0. The Hall–Kier alpha value is -1.03. The van der Waals surface area contributed by atoms with Gasteiger partial charge in [-0.15, -0.1) is 0 Å². The number of rotatable bonds is 5. The molecular formula is C10H19N3O. The van der Waals surface area contributed by atoms with Gasteiger partial charge in [0.15, 0.2) is 0 Å². The molecule has 0 spiro atoms. The number of nitrogens with one attached hydrogen (secondary N) is 1. The van der Waals surface area contributed by atoms with Crippen molar-refractivity contribution in [3.05, 3.63) is 12.4 Å². The maximum Gasteiger partial charge on any atom is 0.0726 e. The van der Waals surface area contributed by atoms with E-state index in [-0.39, 0.29) is 5.60 Å². The Morgan fingerprint density at radius 1 is 1.57 bits per heavy atom. The topological polar surface area (TPSA) is 39.1 Å². The molecule has 0 aliphatic rings. The quantitative estimate of drug-likeness (QED) is 0.780. The van der Waals surface area contributed by atoms with E-state index in [0.717, 1.165) is 18.7 Å². The zero-order chi connectivity index (χ0) is 10.6. The van der Waals surface area contributed by atoms with Crippen LogP contribution in [-0.4, -0.2) is 29.0 Å². The van der Waals surface area contributed by atoms with Gasteiger partial charge in [0.25, 0.3) is 0 Å². The van der Waals surface area contributed by atoms with Gasteiger partial charge in [0.2, 0.25) is 0 Å². The molecule has 0 saturated heterocycles. The highest BCUT2D eigenvalue weighted by Crippen LogP contribution is 2.13. The van der Waals surface area contributed by atoms with Crippen LogP contribution in [0.3, 0.4) is 0 Å². The van der Waals surface area contributed by atoms with E-state index in [2.05, 4.69) is 24.3 Å². The Morgan fingerprint density at radius 3 is 2.79 bits per heavy atom. The van der Waals surface area contributed by atoms with Crippen molar-refractivity contribution in [3.8, 4) is 0 Å². The van der Waals surface area contributed by atoms with E-state index in [0.29, 0.717) is 0 Å². The third kappa shape index (κ3) is 3.38. The van der Waals surface area contributed by atoms with E-state index in [4.69, 9.17) is 4.74 Å². The van der Waals surface area contributed by atoms with Gasteiger partial charge >= 0.3 is 0 Å². The van der Waals surface area contributed by atoms with Crippen molar-refractivity contribution >= 4 is 5.69 Å². The molecule has 1 heterocycles. The molecule has 0 radical (unpaired) electrons. The van der Waals surface area contributed by atoms with Crippen molar-refractivity contribution in [2.24, 2.45) is 7.05 Å². The first-order valence-electron chi connectivity index (χ1n) is 4.81. The second-order valence-corrected chi connectivity index (χ2v) is 4.04. The average molecular weight is 197 g/mol. The van der Waals surface area contributed by atoms with Gasteiger partial charge in [0.05, 0.1) is 17.5 Å². The van der Waals surface area contributed by atoms with Gasteiger partial charge in [-0.25, -0.2) is 0 Å². The van der Waals surface area contributed by atoms with Crippen LogP contribution in [-0.2, 0) is 11.8 Å². The summed E-state index contributed by atoms with van der Waals surface area (Å²) < 4.78 is 7.10. The predicted octanol–water partition coefficient (Wildman–Crippen LogP) is 1.65. The zero-order valence-electron chi connectivity index (χ0n) is 9.37. The summed E-state index contributed by atoms with van der Waals surface area (Å²) in [5.74, 6) is 0. The van der Waals surface area contributed by atoms with E-state index in [1.54, 1.807) is 11.8 Å². The summed E-state index contributed by atoms with van der Waals surface area (Å²) in [6.07, 6.45) is 4.75. The second kappa shape index (κ2) is 4.46. The number of aromatic nitrogens is 2. The minimum absolute atomic E-state index is 0.0603. The first kappa shape index (κ1) is 11.0. The van der Waals surface area contributed by atoms with Gasteiger partial charge in [-0.1, -0.05) is 0 Å². The van der Waals surface area contributed by atoms with Crippen LogP contribution in [0.1, 0.15) is 20.3 Å². The van der Waals surface area contributed by atoms with E-state index in [9.17, 15) is 0 Å². The smallest absolute Gasteiger partial charge is 0.0726 e. The molecule has 80 valence electrons. The van der Waals surface area contributed by atoms with E-state index >= 15 is 0 Å². The molecule has 14 heavy (non-hydrogen) atoms. The Balaban J connectivity index is 2.28. The highest BCUT2D eigenvalue weighted by Gasteiger charge is 2.15.